The van der Waals surface area contributed by atoms with E-state index in [1.165, 1.54) is 11.3 Å². The highest BCUT2D eigenvalue weighted by Crippen LogP contribution is 2.35. The van der Waals surface area contributed by atoms with E-state index in [2.05, 4.69) is 24.4 Å². The van der Waals surface area contributed by atoms with Crippen molar-refractivity contribution in [3.63, 3.8) is 0 Å². The van der Waals surface area contributed by atoms with Crippen molar-refractivity contribution in [2.75, 3.05) is 33.4 Å². The van der Waals surface area contributed by atoms with Gasteiger partial charge in [0.05, 0.1) is 17.4 Å². The molecule has 1 saturated heterocycles. The molecule has 1 aromatic heterocycles. The number of hydrogen-bond donors (Lipinski definition) is 1. The molecule has 1 fully saturated rings. The lowest BCUT2D eigenvalue weighted by Crippen LogP contribution is -2.37. The summed E-state index contributed by atoms with van der Waals surface area (Å²) in [7, 11) is 1.61. The number of likely N-dealkylation sites (tertiary alicyclic amines) is 1. The molecule has 5 nitrogen and oxygen atoms in total. The van der Waals surface area contributed by atoms with E-state index in [1.54, 1.807) is 7.11 Å². The largest absolute Gasteiger partial charge is 0.383 e. The normalized spacial score (nSPS) is 19.5. The molecule has 2 atom stereocenters. The summed E-state index contributed by atoms with van der Waals surface area (Å²) < 4.78 is 5.02. The summed E-state index contributed by atoms with van der Waals surface area (Å²) in [5.74, 6) is -0.262. The van der Waals surface area contributed by atoms with Crippen LogP contribution in [-0.4, -0.2) is 50.1 Å². The number of amides is 2. The number of nitrogens with one attached hydrogen (secondary N) is 1. The van der Waals surface area contributed by atoms with Crippen LogP contribution in [0.5, 0.6) is 0 Å². The van der Waals surface area contributed by atoms with Gasteiger partial charge in [0.1, 0.15) is 0 Å². The molecule has 1 aliphatic heterocycles. The van der Waals surface area contributed by atoms with E-state index in [4.69, 9.17) is 4.74 Å². The summed E-state index contributed by atoms with van der Waals surface area (Å²) in [6.07, 6.45) is 0. The number of hydrogen-bond acceptors (Lipinski definition) is 4. The molecule has 0 saturated carbocycles. The van der Waals surface area contributed by atoms with Gasteiger partial charge in [-0.05, 0) is 29.5 Å². The number of aryl methyl sites for hydroxylation is 1. The summed E-state index contributed by atoms with van der Waals surface area (Å²) in [5, 5.41) is 4.84. The molecule has 2 amide bonds. The van der Waals surface area contributed by atoms with Crippen LogP contribution in [0.1, 0.15) is 26.7 Å². The van der Waals surface area contributed by atoms with Gasteiger partial charge < -0.3 is 15.0 Å². The predicted molar refractivity (Wildman–Crippen MR) is 103 cm³/mol. The predicted octanol–water partition coefficient (Wildman–Crippen LogP) is 2.67. The van der Waals surface area contributed by atoms with Crippen molar-refractivity contribution in [2.45, 2.75) is 12.8 Å². The number of carbonyl (C=O) groups excluding carboxylic acids is 2. The second kappa shape index (κ2) is 8.47. The molecule has 2 aromatic rings. The van der Waals surface area contributed by atoms with Crippen LogP contribution in [0.3, 0.4) is 0 Å². The third kappa shape index (κ3) is 3.97. The van der Waals surface area contributed by atoms with E-state index in [1.807, 2.05) is 34.5 Å². The van der Waals surface area contributed by atoms with E-state index in [-0.39, 0.29) is 23.7 Å². The second-order valence-electron chi connectivity index (χ2n) is 6.54. The molecule has 0 aliphatic carbocycles. The Hall–Kier alpha value is -2.18. The quantitative estimate of drug-likeness (QED) is 0.793. The van der Waals surface area contributed by atoms with E-state index in [0.29, 0.717) is 31.1 Å². The number of methoxy groups -OCH3 is 1. The Morgan fingerprint density at radius 3 is 2.73 bits per heavy atom. The zero-order valence-electron chi connectivity index (χ0n) is 15.1. The summed E-state index contributed by atoms with van der Waals surface area (Å²) in [5.41, 5.74) is 2.29. The van der Waals surface area contributed by atoms with Gasteiger partial charge in [0.15, 0.2) is 0 Å². The van der Waals surface area contributed by atoms with Crippen molar-refractivity contribution in [2.24, 2.45) is 5.92 Å². The van der Waals surface area contributed by atoms with Crippen LogP contribution in [0, 0.1) is 12.8 Å². The van der Waals surface area contributed by atoms with Gasteiger partial charge in [-0.2, -0.15) is 0 Å². The fraction of sp³-hybridized carbons (Fsp3) is 0.400. The number of benzene rings is 1. The Kier molecular flexibility index (Phi) is 6.06. The van der Waals surface area contributed by atoms with Crippen LogP contribution in [-0.2, 0) is 9.53 Å². The number of carbonyl (C=O) groups is 2. The standard InChI is InChI=1S/C20H24N2O3S/c1-14-6-3-4-7-15(14)16-12-22(20(24)18-8-5-11-26-18)13-17(16)19(23)21-9-10-25-2/h3-8,11,16-17H,9-10,12-13H2,1-2H3,(H,21,23)/t16-,17-/m1/s1. The molecule has 2 heterocycles. The Bertz CT molecular complexity index is 760. The van der Waals surface area contributed by atoms with E-state index >= 15 is 0 Å². The van der Waals surface area contributed by atoms with E-state index in [0.717, 1.165) is 11.1 Å². The first-order valence-electron chi connectivity index (χ1n) is 8.76. The first-order valence-corrected chi connectivity index (χ1v) is 9.64. The minimum Gasteiger partial charge on any atom is -0.383 e. The van der Waals surface area contributed by atoms with Crippen molar-refractivity contribution in [1.82, 2.24) is 10.2 Å². The summed E-state index contributed by atoms with van der Waals surface area (Å²) in [6.45, 7) is 4.01. The lowest BCUT2D eigenvalue weighted by molar-refractivity contribution is -0.125. The monoisotopic (exact) mass is 372 g/mol. The van der Waals surface area contributed by atoms with Crippen molar-refractivity contribution in [3.8, 4) is 0 Å². The maximum atomic E-state index is 12.8. The molecule has 0 unspecified atom stereocenters. The van der Waals surface area contributed by atoms with Gasteiger partial charge in [0.25, 0.3) is 5.91 Å². The van der Waals surface area contributed by atoms with E-state index < -0.39 is 0 Å². The number of rotatable bonds is 6. The highest BCUT2D eigenvalue weighted by Gasteiger charge is 2.41. The molecular formula is C20H24N2O3S. The zero-order chi connectivity index (χ0) is 18.5. The third-order valence-electron chi connectivity index (χ3n) is 4.87. The molecule has 1 aliphatic rings. The molecule has 1 aromatic carbocycles. The maximum absolute atomic E-state index is 12.8. The van der Waals surface area contributed by atoms with Crippen LogP contribution < -0.4 is 5.32 Å². The van der Waals surface area contributed by atoms with Crippen molar-refractivity contribution >= 4 is 23.2 Å². The minimum atomic E-state index is -0.253. The molecule has 138 valence electrons. The minimum absolute atomic E-state index is 0.00246. The SMILES string of the molecule is COCCNC(=O)[C@@H]1CN(C(=O)c2cccs2)C[C@@H]1c1ccccc1C. The molecule has 26 heavy (non-hydrogen) atoms. The van der Waals surface area contributed by atoms with Crippen LogP contribution in [0.25, 0.3) is 0 Å². The lowest BCUT2D eigenvalue weighted by atomic mass is 9.86. The van der Waals surface area contributed by atoms with Gasteiger partial charge in [-0.25, -0.2) is 0 Å². The van der Waals surface area contributed by atoms with Gasteiger partial charge in [-0.15, -0.1) is 11.3 Å². The molecular weight excluding hydrogens is 348 g/mol. The molecule has 0 bridgehead atoms. The zero-order valence-corrected chi connectivity index (χ0v) is 15.9. The Morgan fingerprint density at radius 2 is 2.04 bits per heavy atom. The second-order valence-corrected chi connectivity index (χ2v) is 7.49. The first-order chi connectivity index (χ1) is 12.6. The van der Waals surface area contributed by atoms with Gasteiger partial charge in [0, 0.05) is 32.7 Å². The Morgan fingerprint density at radius 1 is 1.23 bits per heavy atom. The molecule has 1 N–H and O–H groups in total. The van der Waals surface area contributed by atoms with Crippen LogP contribution in [0.4, 0.5) is 0 Å². The molecule has 6 heteroatoms. The summed E-state index contributed by atoms with van der Waals surface area (Å²) in [4.78, 5) is 28.1. The molecule has 0 radical (unpaired) electrons. The third-order valence-corrected chi connectivity index (χ3v) is 5.73. The topological polar surface area (TPSA) is 58.6 Å². The average molecular weight is 372 g/mol. The van der Waals surface area contributed by atoms with Crippen molar-refractivity contribution in [3.05, 3.63) is 57.8 Å². The van der Waals surface area contributed by atoms with Crippen LogP contribution in [0.15, 0.2) is 41.8 Å². The Balaban J connectivity index is 1.82. The smallest absolute Gasteiger partial charge is 0.263 e. The molecule has 0 spiro atoms. The Labute approximate surface area is 158 Å². The van der Waals surface area contributed by atoms with Gasteiger partial charge in [-0.3, -0.25) is 9.59 Å². The van der Waals surface area contributed by atoms with Crippen LogP contribution >= 0.6 is 11.3 Å². The average Bonchev–Trinajstić information content (AvgIpc) is 3.32. The lowest BCUT2D eigenvalue weighted by Gasteiger charge is -2.19. The molecule has 3 rings (SSSR count). The highest BCUT2D eigenvalue weighted by atomic mass is 32.1. The highest BCUT2D eigenvalue weighted by molar-refractivity contribution is 7.12. The fourth-order valence-electron chi connectivity index (χ4n) is 3.52. The van der Waals surface area contributed by atoms with Crippen molar-refractivity contribution < 1.29 is 14.3 Å². The first kappa shape index (κ1) is 18.6. The van der Waals surface area contributed by atoms with Gasteiger partial charge in [-0.1, -0.05) is 30.3 Å². The van der Waals surface area contributed by atoms with E-state index in [9.17, 15) is 9.59 Å². The number of nitrogens with zero attached hydrogens (tertiary/aromatic N) is 1. The fourth-order valence-corrected chi connectivity index (χ4v) is 4.21. The number of thiophene rings is 1. The summed E-state index contributed by atoms with van der Waals surface area (Å²) >= 11 is 1.44. The van der Waals surface area contributed by atoms with Crippen molar-refractivity contribution in [1.29, 1.82) is 0 Å². The summed E-state index contributed by atoms with van der Waals surface area (Å²) in [6, 6.07) is 11.8. The maximum Gasteiger partial charge on any atom is 0.263 e. The van der Waals surface area contributed by atoms with Gasteiger partial charge in [0.2, 0.25) is 5.91 Å². The van der Waals surface area contributed by atoms with Crippen LogP contribution in [0.2, 0.25) is 0 Å². The van der Waals surface area contributed by atoms with Gasteiger partial charge >= 0.3 is 0 Å². The number of ether oxygens (including phenoxy) is 1.